The van der Waals surface area contributed by atoms with Crippen LogP contribution in [0, 0.1) is 5.92 Å². The molecule has 0 aromatic carbocycles. The normalized spacial score (nSPS) is 18.3. The fraction of sp³-hybridized carbons (Fsp3) is 0.818. The Morgan fingerprint density at radius 2 is 1.88 bits per heavy atom. The Balaban J connectivity index is 2.42. The van der Waals surface area contributed by atoms with Gasteiger partial charge in [0.25, 0.3) is 0 Å². The number of amides is 2. The zero-order chi connectivity index (χ0) is 12.3. The summed E-state index contributed by atoms with van der Waals surface area (Å²) < 4.78 is 0. The third-order valence-corrected chi connectivity index (χ3v) is 3.00. The zero-order valence-electron chi connectivity index (χ0n) is 10.2. The van der Waals surface area contributed by atoms with E-state index in [2.05, 4.69) is 5.32 Å². The molecule has 0 saturated carbocycles. The van der Waals surface area contributed by atoms with Crippen molar-refractivity contribution in [1.29, 1.82) is 0 Å². The van der Waals surface area contributed by atoms with E-state index in [-0.39, 0.29) is 11.6 Å². The third-order valence-electron chi connectivity index (χ3n) is 2.67. The van der Waals surface area contributed by atoms with Crippen LogP contribution in [-0.2, 0) is 0 Å². The van der Waals surface area contributed by atoms with Crippen molar-refractivity contribution < 1.29 is 4.79 Å². The van der Waals surface area contributed by atoms with Gasteiger partial charge < -0.3 is 16.0 Å². The Bertz CT molecular complexity index is 277. The maximum atomic E-state index is 11.8. The van der Waals surface area contributed by atoms with Gasteiger partial charge in [-0.2, -0.15) is 0 Å². The number of likely N-dealkylation sites (tertiary alicyclic amines) is 1. The Morgan fingerprint density at radius 3 is 2.25 bits per heavy atom. The summed E-state index contributed by atoms with van der Waals surface area (Å²) in [6.07, 6.45) is 1.76. The second-order valence-electron chi connectivity index (χ2n) is 5.34. The van der Waals surface area contributed by atoms with Crippen LogP contribution in [0.3, 0.4) is 0 Å². The summed E-state index contributed by atoms with van der Waals surface area (Å²) in [7, 11) is 0. The molecule has 1 saturated heterocycles. The van der Waals surface area contributed by atoms with Crippen LogP contribution in [0.15, 0.2) is 0 Å². The number of rotatable bonds is 1. The van der Waals surface area contributed by atoms with Crippen LogP contribution in [0.1, 0.15) is 33.6 Å². The van der Waals surface area contributed by atoms with E-state index in [1.54, 1.807) is 0 Å². The van der Waals surface area contributed by atoms with Gasteiger partial charge in [-0.25, -0.2) is 4.79 Å². The molecule has 1 aliphatic heterocycles. The van der Waals surface area contributed by atoms with Crippen molar-refractivity contribution in [3.8, 4) is 0 Å². The van der Waals surface area contributed by atoms with Crippen molar-refractivity contribution in [2.45, 2.75) is 39.2 Å². The largest absolute Gasteiger partial charge is 0.393 e. The molecular weight excluding hydrogens is 222 g/mol. The molecule has 1 rings (SSSR count). The van der Waals surface area contributed by atoms with Crippen molar-refractivity contribution in [3.05, 3.63) is 0 Å². The van der Waals surface area contributed by atoms with Gasteiger partial charge in [-0.15, -0.1) is 0 Å². The summed E-state index contributed by atoms with van der Waals surface area (Å²) in [4.78, 5) is 14.3. The number of nitrogens with one attached hydrogen (secondary N) is 1. The standard InChI is InChI=1S/C11H21N3OS/c1-11(2,3)13-10(15)14-6-4-8(5-7-14)9(12)16/h8H,4-7H2,1-3H3,(H2,12,16)(H,13,15). The molecule has 1 aliphatic rings. The second-order valence-corrected chi connectivity index (χ2v) is 5.82. The molecule has 5 heteroatoms. The zero-order valence-corrected chi connectivity index (χ0v) is 11.1. The van der Waals surface area contributed by atoms with Gasteiger partial charge in [0, 0.05) is 24.5 Å². The van der Waals surface area contributed by atoms with E-state index < -0.39 is 0 Å². The maximum Gasteiger partial charge on any atom is 0.317 e. The van der Waals surface area contributed by atoms with E-state index >= 15 is 0 Å². The Morgan fingerprint density at radius 1 is 1.38 bits per heavy atom. The average molecular weight is 243 g/mol. The molecule has 0 aromatic heterocycles. The molecule has 0 spiro atoms. The van der Waals surface area contributed by atoms with Gasteiger partial charge in [-0.1, -0.05) is 12.2 Å². The Hall–Kier alpha value is -0.840. The number of thiocarbonyl (C=S) groups is 1. The van der Waals surface area contributed by atoms with Gasteiger partial charge in [-0.3, -0.25) is 0 Å². The van der Waals surface area contributed by atoms with Crippen LogP contribution in [0.2, 0.25) is 0 Å². The summed E-state index contributed by atoms with van der Waals surface area (Å²) in [5.41, 5.74) is 5.42. The van der Waals surface area contributed by atoms with Crippen LogP contribution in [0.4, 0.5) is 4.79 Å². The minimum absolute atomic E-state index is 0.00823. The lowest BCUT2D eigenvalue weighted by Crippen LogP contribution is -2.51. The molecule has 16 heavy (non-hydrogen) atoms. The van der Waals surface area contributed by atoms with Gasteiger partial charge in [0.15, 0.2) is 0 Å². The molecular formula is C11H21N3OS. The molecule has 1 heterocycles. The lowest BCUT2D eigenvalue weighted by Gasteiger charge is -2.33. The smallest absolute Gasteiger partial charge is 0.317 e. The first-order valence-corrected chi connectivity index (χ1v) is 6.07. The third kappa shape index (κ3) is 3.96. The summed E-state index contributed by atoms with van der Waals surface area (Å²) in [6, 6.07) is 0.00823. The maximum absolute atomic E-state index is 11.8. The first-order chi connectivity index (χ1) is 7.29. The average Bonchev–Trinajstić information content (AvgIpc) is 2.15. The molecule has 1 fully saturated rings. The minimum atomic E-state index is -0.183. The van der Waals surface area contributed by atoms with E-state index in [9.17, 15) is 4.79 Å². The summed E-state index contributed by atoms with van der Waals surface area (Å²) in [5, 5.41) is 2.96. The van der Waals surface area contributed by atoms with Crippen molar-refractivity contribution in [2.75, 3.05) is 13.1 Å². The summed E-state index contributed by atoms with van der Waals surface area (Å²) in [6.45, 7) is 7.42. The molecule has 0 aliphatic carbocycles. The lowest BCUT2D eigenvalue weighted by molar-refractivity contribution is 0.172. The number of hydrogen-bond acceptors (Lipinski definition) is 2. The Labute approximate surface area is 103 Å². The fourth-order valence-electron chi connectivity index (χ4n) is 1.77. The molecule has 0 aromatic rings. The van der Waals surface area contributed by atoms with E-state index in [0.717, 1.165) is 25.9 Å². The SMILES string of the molecule is CC(C)(C)NC(=O)N1CCC(C(N)=S)CC1. The second kappa shape index (κ2) is 4.99. The van der Waals surface area contributed by atoms with E-state index in [1.807, 2.05) is 25.7 Å². The Kier molecular flexibility index (Phi) is 4.13. The molecule has 0 bridgehead atoms. The number of nitrogens with two attached hydrogens (primary N) is 1. The molecule has 0 atom stereocenters. The van der Waals surface area contributed by atoms with Crippen LogP contribution >= 0.6 is 12.2 Å². The number of piperidine rings is 1. The molecule has 3 N–H and O–H groups in total. The van der Waals surface area contributed by atoms with Crippen LogP contribution in [-0.4, -0.2) is 34.5 Å². The highest BCUT2D eigenvalue weighted by Crippen LogP contribution is 2.17. The number of nitrogens with zero attached hydrogens (tertiary/aromatic N) is 1. The van der Waals surface area contributed by atoms with Crippen molar-refractivity contribution in [2.24, 2.45) is 11.7 Å². The molecule has 92 valence electrons. The quantitative estimate of drug-likeness (QED) is 0.686. The minimum Gasteiger partial charge on any atom is -0.393 e. The number of hydrogen-bond donors (Lipinski definition) is 2. The predicted octanol–water partition coefficient (Wildman–Crippen LogP) is 1.49. The number of carbonyl (C=O) groups is 1. The van der Waals surface area contributed by atoms with Crippen molar-refractivity contribution in [1.82, 2.24) is 10.2 Å². The van der Waals surface area contributed by atoms with E-state index in [4.69, 9.17) is 18.0 Å². The highest BCUT2D eigenvalue weighted by molar-refractivity contribution is 7.80. The molecule has 2 amide bonds. The number of urea groups is 1. The molecule has 4 nitrogen and oxygen atoms in total. The van der Waals surface area contributed by atoms with Gasteiger partial charge in [0.05, 0.1) is 4.99 Å². The highest BCUT2D eigenvalue weighted by atomic mass is 32.1. The van der Waals surface area contributed by atoms with E-state index in [0.29, 0.717) is 10.9 Å². The van der Waals surface area contributed by atoms with Crippen molar-refractivity contribution >= 4 is 23.2 Å². The van der Waals surface area contributed by atoms with Gasteiger partial charge in [0.1, 0.15) is 0 Å². The highest BCUT2D eigenvalue weighted by Gasteiger charge is 2.25. The van der Waals surface area contributed by atoms with Gasteiger partial charge in [-0.05, 0) is 33.6 Å². The van der Waals surface area contributed by atoms with E-state index in [1.165, 1.54) is 0 Å². The predicted molar refractivity (Wildman–Crippen MR) is 69.4 cm³/mol. The van der Waals surface area contributed by atoms with Crippen molar-refractivity contribution in [3.63, 3.8) is 0 Å². The molecule has 0 radical (unpaired) electrons. The summed E-state index contributed by atoms with van der Waals surface area (Å²) >= 11 is 4.97. The lowest BCUT2D eigenvalue weighted by atomic mass is 9.97. The fourth-order valence-corrected chi connectivity index (χ4v) is 2.00. The first kappa shape index (κ1) is 13.2. The van der Waals surface area contributed by atoms with Gasteiger partial charge in [0.2, 0.25) is 0 Å². The first-order valence-electron chi connectivity index (χ1n) is 5.66. The number of carbonyl (C=O) groups excluding carboxylic acids is 1. The monoisotopic (exact) mass is 243 g/mol. The van der Waals surface area contributed by atoms with Crippen LogP contribution in [0.5, 0.6) is 0 Å². The van der Waals surface area contributed by atoms with Crippen LogP contribution < -0.4 is 11.1 Å². The summed E-state index contributed by atoms with van der Waals surface area (Å²) in [5.74, 6) is 0.300. The topological polar surface area (TPSA) is 58.4 Å². The van der Waals surface area contributed by atoms with Gasteiger partial charge >= 0.3 is 6.03 Å². The van der Waals surface area contributed by atoms with Crippen LogP contribution in [0.25, 0.3) is 0 Å². The molecule has 0 unspecified atom stereocenters.